The fourth-order valence-electron chi connectivity index (χ4n) is 3.05. The van der Waals surface area contributed by atoms with E-state index in [-0.39, 0.29) is 24.0 Å². The van der Waals surface area contributed by atoms with Crippen molar-refractivity contribution in [2.75, 3.05) is 23.4 Å². The molecule has 1 aromatic carbocycles. The second kappa shape index (κ2) is 9.17. The number of amides is 2. The molecular weight excluding hydrogens is 449 g/mol. The number of para-hydroxylation sites is 1. The van der Waals surface area contributed by atoms with Crippen LogP contribution in [-0.2, 0) is 25.8 Å². The second-order valence-electron chi connectivity index (χ2n) is 6.65. The van der Waals surface area contributed by atoms with Crippen LogP contribution in [-0.4, -0.2) is 54.2 Å². The monoisotopic (exact) mass is 469 g/mol. The summed E-state index contributed by atoms with van der Waals surface area (Å²) in [6.07, 6.45) is 0.761. The first kappa shape index (κ1) is 23.2. The number of nitrogens with one attached hydrogen (secondary N) is 3. The van der Waals surface area contributed by atoms with Crippen molar-refractivity contribution in [3.8, 4) is 0 Å². The maximum absolute atomic E-state index is 12.4. The van der Waals surface area contributed by atoms with Gasteiger partial charge in [-0.15, -0.1) is 0 Å². The van der Waals surface area contributed by atoms with Crippen LogP contribution >= 0.6 is 34.8 Å². The summed E-state index contributed by atoms with van der Waals surface area (Å²) in [5.41, 5.74) is 2.69. The molecule has 0 bridgehead atoms. The third-order valence-electron chi connectivity index (χ3n) is 4.46. The number of carbonyl (C=O) groups excluding carboxylic acids is 2. The number of anilines is 1. The first-order valence-electron chi connectivity index (χ1n) is 8.62. The normalized spacial score (nSPS) is 21.3. The molecule has 1 aromatic rings. The quantitative estimate of drug-likeness (QED) is 0.549. The number of alkyl halides is 3. The highest BCUT2D eigenvalue weighted by molar-refractivity contribution is 7.91. The molecule has 0 aliphatic carbocycles. The Hall–Kier alpha value is -1.06. The Morgan fingerprint density at radius 2 is 1.82 bits per heavy atom. The number of sulfone groups is 1. The Morgan fingerprint density at radius 3 is 2.43 bits per heavy atom. The molecule has 28 heavy (non-hydrogen) atoms. The number of aryl methyl sites for hydroxylation is 2. The summed E-state index contributed by atoms with van der Waals surface area (Å²) in [6.45, 7) is 3.76. The van der Waals surface area contributed by atoms with Gasteiger partial charge < -0.3 is 16.0 Å². The topological polar surface area (TPSA) is 104 Å². The molecular formula is C17H22Cl3N3O4S. The summed E-state index contributed by atoms with van der Waals surface area (Å²) in [5.74, 6) is -1.75. The summed E-state index contributed by atoms with van der Waals surface area (Å²) in [4.78, 5) is 24.2. The van der Waals surface area contributed by atoms with Crippen molar-refractivity contribution in [3.05, 3.63) is 29.3 Å². The Labute approximate surface area is 179 Å². The largest absolute Gasteiger partial charge is 0.347 e. The van der Waals surface area contributed by atoms with Crippen LogP contribution in [0.15, 0.2) is 18.2 Å². The third kappa shape index (κ3) is 6.22. The molecule has 7 nitrogen and oxygen atoms in total. The van der Waals surface area contributed by atoms with Crippen LogP contribution in [0.1, 0.15) is 18.1 Å². The standard InChI is InChI=1S/C17H22Cl3N3O4S/c1-3-11-6-4-5-10(2)15(11)23-14(24)7-21-12-8-28(26,27)9-13(12)22-16(25)17(18,19)20/h4-6,12-13,21H,3,7-9H2,1-2H3,(H,22,25)(H,23,24). The highest BCUT2D eigenvalue weighted by atomic mass is 35.6. The van der Waals surface area contributed by atoms with Crippen molar-refractivity contribution in [2.45, 2.75) is 36.1 Å². The predicted octanol–water partition coefficient (Wildman–Crippen LogP) is 1.74. The van der Waals surface area contributed by atoms with Gasteiger partial charge in [-0.2, -0.15) is 0 Å². The minimum atomic E-state index is -3.40. The average Bonchev–Trinajstić information content (AvgIpc) is 2.87. The Bertz CT molecular complexity index is 856. The maximum Gasteiger partial charge on any atom is 0.272 e. The van der Waals surface area contributed by atoms with E-state index >= 15 is 0 Å². The minimum Gasteiger partial charge on any atom is -0.347 e. The van der Waals surface area contributed by atoms with E-state index in [0.717, 1.165) is 23.2 Å². The fourth-order valence-corrected chi connectivity index (χ4v) is 5.11. The van der Waals surface area contributed by atoms with Gasteiger partial charge in [-0.1, -0.05) is 59.9 Å². The van der Waals surface area contributed by atoms with E-state index in [1.54, 1.807) is 0 Å². The van der Waals surface area contributed by atoms with E-state index in [0.29, 0.717) is 0 Å². The Kier molecular flexibility index (Phi) is 7.61. The van der Waals surface area contributed by atoms with Crippen molar-refractivity contribution >= 4 is 62.1 Å². The molecule has 1 heterocycles. The molecule has 1 fully saturated rings. The zero-order valence-electron chi connectivity index (χ0n) is 15.4. The van der Waals surface area contributed by atoms with Gasteiger partial charge in [0.2, 0.25) is 5.91 Å². The van der Waals surface area contributed by atoms with Gasteiger partial charge >= 0.3 is 0 Å². The van der Waals surface area contributed by atoms with Crippen LogP contribution < -0.4 is 16.0 Å². The molecule has 11 heteroatoms. The summed E-state index contributed by atoms with van der Waals surface area (Å²) in [6, 6.07) is 4.28. The van der Waals surface area contributed by atoms with Gasteiger partial charge in [0.1, 0.15) is 0 Å². The molecule has 0 spiro atoms. The molecule has 0 saturated carbocycles. The zero-order chi connectivity index (χ0) is 21.1. The lowest BCUT2D eigenvalue weighted by Crippen LogP contribution is -2.53. The molecule has 0 aromatic heterocycles. The molecule has 0 radical (unpaired) electrons. The van der Waals surface area contributed by atoms with Gasteiger partial charge in [0, 0.05) is 11.7 Å². The van der Waals surface area contributed by atoms with Crippen LogP contribution in [0, 0.1) is 6.92 Å². The van der Waals surface area contributed by atoms with Crippen LogP contribution in [0.4, 0.5) is 5.69 Å². The highest BCUT2D eigenvalue weighted by Crippen LogP contribution is 2.27. The van der Waals surface area contributed by atoms with Crippen LogP contribution in [0.3, 0.4) is 0 Å². The van der Waals surface area contributed by atoms with Crippen LogP contribution in [0.2, 0.25) is 0 Å². The van der Waals surface area contributed by atoms with E-state index in [1.165, 1.54) is 0 Å². The average molecular weight is 471 g/mol. The first-order chi connectivity index (χ1) is 12.9. The molecule has 2 atom stereocenters. The molecule has 2 amide bonds. The number of rotatable bonds is 6. The van der Waals surface area contributed by atoms with E-state index in [1.807, 2.05) is 32.0 Å². The molecule has 2 unspecified atom stereocenters. The van der Waals surface area contributed by atoms with E-state index in [4.69, 9.17) is 34.8 Å². The summed E-state index contributed by atoms with van der Waals surface area (Å²) < 4.78 is 21.7. The third-order valence-corrected chi connectivity index (χ3v) is 6.70. The SMILES string of the molecule is CCc1cccc(C)c1NC(=O)CNC1CS(=O)(=O)CC1NC(=O)C(Cl)(Cl)Cl. The molecule has 1 aliphatic rings. The lowest BCUT2D eigenvalue weighted by atomic mass is 10.1. The van der Waals surface area contributed by atoms with Gasteiger partial charge in [0.25, 0.3) is 9.70 Å². The number of benzene rings is 1. The Morgan fingerprint density at radius 1 is 1.18 bits per heavy atom. The van der Waals surface area contributed by atoms with Crippen molar-refractivity contribution < 1.29 is 18.0 Å². The van der Waals surface area contributed by atoms with E-state index < -0.39 is 31.6 Å². The van der Waals surface area contributed by atoms with Crippen molar-refractivity contribution in [1.82, 2.24) is 10.6 Å². The first-order valence-corrected chi connectivity index (χ1v) is 11.6. The molecule has 2 rings (SSSR count). The number of halogens is 3. The highest BCUT2D eigenvalue weighted by Gasteiger charge is 2.41. The van der Waals surface area contributed by atoms with Gasteiger partial charge in [-0.25, -0.2) is 8.42 Å². The molecule has 1 aliphatic heterocycles. The van der Waals surface area contributed by atoms with Gasteiger partial charge in [-0.05, 0) is 24.5 Å². The summed E-state index contributed by atoms with van der Waals surface area (Å²) in [7, 11) is -3.40. The van der Waals surface area contributed by atoms with Crippen molar-refractivity contribution in [2.24, 2.45) is 0 Å². The van der Waals surface area contributed by atoms with Crippen molar-refractivity contribution in [3.63, 3.8) is 0 Å². The van der Waals surface area contributed by atoms with Crippen molar-refractivity contribution in [1.29, 1.82) is 0 Å². The fraction of sp³-hybridized carbons (Fsp3) is 0.529. The maximum atomic E-state index is 12.4. The minimum absolute atomic E-state index is 0.127. The van der Waals surface area contributed by atoms with Gasteiger partial charge in [0.05, 0.1) is 24.1 Å². The summed E-state index contributed by atoms with van der Waals surface area (Å²) in [5, 5.41) is 8.16. The molecule has 1 saturated heterocycles. The lowest BCUT2D eigenvalue weighted by Gasteiger charge is -2.22. The van der Waals surface area contributed by atoms with Crippen LogP contribution in [0.25, 0.3) is 0 Å². The molecule has 156 valence electrons. The second-order valence-corrected chi connectivity index (χ2v) is 11.1. The number of carbonyl (C=O) groups is 2. The van der Waals surface area contributed by atoms with Gasteiger partial charge in [0.15, 0.2) is 9.84 Å². The number of hydrogen-bond donors (Lipinski definition) is 3. The van der Waals surface area contributed by atoms with E-state index in [9.17, 15) is 18.0 Å². The lowest BCUT2D eigenvalue weighted by molar-refractivity contribution is -0.120. The van der Waals surface area contributed by atoms with Crippen LogP contribution in [0.5, 0.6) is 0 Å². The Balaban J connectivity index is 2.01. The smallest absolute Gasteiger partial charge is 0.272 e. The predicted molar refractivity (Wildman–Crippen MR) is 112 cm³/mol. The van der Waals surface area contributed by atoms with Gasteiger partial charge in [-0.3, -0.25) is 9.59 Å². The van der Waals surface area contributed by atoms with E-state index in [2.05, 4.69) is 16.0 Å². The number of hydrogen-bond acceptors (Lipinski definition) is 5. The zero-order valence-corrected chi connectivity index (χ0v) is 18.5. The molecule has 3 N–H and O–H groups in total. The summed E-state index contributed by atoms with van der Waals surface area (Å²) >= 11 is 16.6.